The second-order valence-electron chi connectivity index (χ2n) is 11.0. The average Bonchev–Trinajstić information content (AvgIpc) is 3.44. The number of methoxy groups -OCH3 is 1. The maximum Gasteiger partial charge on any atom is 0.337 e. The lowest BCUT2D eigenvalue weighted by Crippen LogP contribution is -2.47. The Hall–Kier alpha value is -4.59. The number of ether oxygens (including phenoxy) is 2. The minimum absolute atomic E-state index is 0.0300. The largest absolute Gasteiger partial charge is 0.465 e. The molecule has 0 aliphatic heterocycles. The third kappa shape index (κ3) is 6.80. The van der Waals surface area contributed by atoms with Crippen LogP contribution in [0.4, 0.5) is 0 Å². The molecule has 2 heterocycles. The Morgan fingerprint density at radius 2 is 1.48 bits per heavy atom. The predicted molar refractivity (Wildman–Crippen MR) is 173 cm³/mol. The van der Waals surface area contributed by atoms with Gasteiger partial charge in [-0.1, -0.05) is 91.0 Å². The Balaban J connectivity index is 1.28. The number of benzene rings is 3. The van der Waals surface area contributed by atoms with Gasteiger partial charge >= 0.3 is 5.97 Å². The van der Waals surface area contributed by atoms with Crippen LogP contribution in [0.15, 0.2) is 109 Å². The molecule has 7 heteroatoms. The number of nitrogens with zero attached hydrogens (tertiary/aromatic N) is 3. The molecule has 0 aliphatic carbocycles. The number of aryl methyl sites for hydroxylation is 2. The lowest BCUT2D eigenvalue weighted by molar-refractivity contribution is 0.0599. The van der Waals surface area contributed by atoms with Crippen molar-refractivity contribution in [3.63, 3.8) is 0 Å². The molecule has 2 aromatic heterocycles. The summed E-state index contributed by atoms with van der Waals surface area (Å²) in [5, 5.41) is 8.40. The molecule has 0 radical (unpaired) electrons. The van der Waals surface area contributed by atoms with Crippen LogP contribution in [0.2, 0.25) is 0 Å². The lowest BCUT2D eigenvalue weighted by Gasteiger charge is -2.38. The van der Waals surface area contributed by atoms with Crippen LogP contribution in [0.1, 0.15) is 51.8 Å². The highest BCUT2D eigenvalue weighted by atomic mass is 16.5. The fraction of sp³-hybridized carbons (Fsp3) is 0.270. The molecule has 0 bridgehead atoms. The van der Waals surface area contributed by atoms with E-state index in [1.54, 1.807) is 12.1 Å². The summed E-state index contributed by atoms with van der Waals surface area (Å²) in [5.41, 5.74) is 6.89. The number of esters is 1. The normalized spacial score (nSPS) is 12.2. The number of hydrogen-bond acceptors (Lipinski definition) is 6. The Kier molecular flexibility index (Phi) is 10.00. The zero-order valence-corrected chi connectivity index (χ0v) is 25.9. The van der Waals surface area contributed by atoms with Gasteiger partial charge in [0.2, 0.25) is 0 Å². The molecule has 7 nitrogen and oxygen atoms in total. The first kappa shape index (κ1) is 30.9. The van der Waals surface area contributed by atoms with Gasteiger partial charge in [-0.3, -0.25) is 15.0 Å². The highest BCUT2D eigenvalue weighted by Gasteiger charge is 2.36. The van der Waals surface area contributed by atoms with E-state index < -0.39 is 5.54 Å². The molecule has 44 heavy (non-hydrogen) atoms. The maximum absolute atomic E-state index is 12.2. The standard InChI is InChI=1S/C37H40N4O3/c1-27-23-29(36(42)43-4)24-34(40-27)33-26-39-41(3)35(33)21-14-22-44-28(2)25-38-37(30-15-8-5-9-16-30,31-17-10-6-11-18-31)32-19-12-7-13-20-32/h5-13,15-20,23-24,26,28,38H,14,21-22,25H2,1-4H3/t28-/m0/s1. The zero-order valence-electron chi connectivity index (χ0n) is 25.9. The van der Waals surface area contributed by atoms with Crippen molar-refractivity contribution < 1.29 is 14.3 Å². The molecular weight excluding hydrogens is 548 g/mol. The van der Waals surface area contributed by atoms with E-state index in [4.69, 9.17) is 9.47 Å². The molecule has 5 aromatic rings. The molecule has 1 atom stereocenters. The van der Waals surface area contributed by atoms with Crippen LogP contribution < -0.4 is 5.32 Å². The topological polar surface area (TPSA) is 78.3 Å². The van der Waals surface area contributed by atoms with Crippen molar-refractivity contribution in [1.82, 2.24) is 20.1 Å². The minimum Gasteiger partial charge on any atom is -0.465 e. The highest BCUT2D eigenvalue weighted by molar-refractivity contribution is 5.90. The number of carbonyl (C=O) groups is 1. The molecule has 0 fully saturated rings. The van der Waals surface area contributed by atoms with E-state index in [0.29, 0.717) is 24.4 Å². The molecule has 5 rings (SSSR count). The van der Waals surface area contributed by atoms with Gasteiger partial charge in [-0.25, -0.2) is 4.79 Å². The van der Waals surface area contributed by atoms with Crippen molar-refractivity contribution in [3.8, 4) is 11.3 Å². The fourth-order valence-electron chi connectivity index (χ4n) is 5.77. The van der Waals surface area contributed by atoms with Crippen LogP contribution in [0.5, 0.6) is 0 Å². The van der Waals surface area contributed by atoms with E-state index in [1.165, 1.54) is 23.8 Å². The van der Waals surface area contributed by atoms with E-state index >= 15 is 0 Å². The Bertz CT molecular complexity index is 1560. The van der Waals surface area contributed by atoms with Gasteiger partial charge in [0, 0.05) is 37.2 Å². The molecule has 0 unspecified atom stereocenters. The molecule has 0 amide bonds. The monoisotopic (exact) mass is 588 g/mol. The van der Waals surface area contributed by atoms with Gasteiger partial charge in [0.1, 0.15) is 0 Å². The Labute approximate surface area is 259 Å². The summed E-state index contributed by atoms with van der Waals surface area (Å²) in [7, 11) is 3.31. The molecular formula is C37H40N4O3. The fourth-order valence-corrected chi connectivity index (χ4v) is 5.77. The third-order valence-corrected chi connectivity index (χ3v) is 7.95. The number of rotatable bonds is 13. The summed E-state index contributed by atoms with van der Waals surface area (Å²) >= 11 is 0. The van der Waals surface area contributed by atoms with Crippen LogP contribution in [0.3, 0.4) is 0 Å². The molecule has 0 spiro atoms. The maximum atomic E-state index is 12.2. The van der Waals surface area contributed by atoms with Gasteiger partial charge in [-0.15, -0.1) is 0 Å². The van der Waals surface area contributed by atoms with E-state index in [0.717, 1.165) is 29.8 Å². The first-order valence-electron chi connectivity index (χ1n) is 15.0. The van der Waals surface area contributed by atoms with E-state index in [9.17, 15) is 4.79 Å². The van der Waals surface area contributed by atoms with Crippen molar-refractivity contribution >= 4 is 5.97 Å². The van der Waals surface area contributed by atoms with E-state index in [1.807, 2.05) is 24.9 Å². The number of pyridine rings is 1. The molecule has 226 valence electrons. The van der Waals surface area contributed by atoms with Crippen molar-refractivity contribution in [2.24, 2.45) is 7.05 Å². The molecule has 3 aromatic carbocycles. The predicted octanol–water partition coefficient (Wildman–Crippen LogP) is 6.50. The van der Waals surface area contributed by atoms with Gasteiger partial charge in [-0.05, 0) is 55.5 Å². The van der Waals surface area contributed by atoms with Crippen LogP contribution >= 0.6 is 0 Å². The quantitative estimate of drug-likeness (QED) is 0.0962. The van der Waals surface area contributed by atoms with Crippen molar-refractivity contribution in [2.45, 2.75) is 38.3 Å². The lowest BCUT2D eigenvalue weighted by atomic mass is 9.77. The second-order valence-corrected chi connectivity index (χ2v) is 11.0. The van der Waals surface area contributed by atoms with Crippen molar-refractivity contribution in [1.29, 1.82) is 0 Å². The highest BCUT2D eigenvalue weighted by Crippen LogP contribution is 2.36. The second kappa shape index (κ2) is 14.3. The first-order chi connectivity index (χ1) is 21.4. The third-order valence-electron chi connectivity index (χ3n) is 7.95. The van der Waals surface area contributed by atoms with Crippen LogP contribution in [-0.4, -0.2) is 47.1 Å². The molecule has 0 aliphatic rings. The molecule has 0 saturated heterocycles. The summed E-state index contributed by atoms with van der Waals surface area (Å²) in [4.78, 5) is 16.9. The Morgan fingerprint density at radius 1 is 0.909 bits per heavy atom. The Morgan fingerprint density at radius 3 is 2.02 bits per heavy atom. The number of nitrogens with one attached hydrogen (secondary N) is 1. The van der Waals surface area contributed by atoms with E-state index in [-0.39, 0.29) is 12.1 Å². The first-order valence-corrected chi connectivity index (χ1v) is 15.0. The van der Waals surface area contributed by atoms with Crippen molar-refractivity contribution in [2.75, 3.05) is 20.3 Å². The minimum atomic E-state index is -0.533. The SMILES string of the molecule is COC(=O)c1cc(C)nc(-c2cnn(C)c2CCCO[C@@H](C)CNC(c2ccccc2)(c2ccccc2)c2ccccc2)c1. The van der Waals surface area contributed by atoms with Crippen LogP contribution in [0, 0.1) is 6.92 Å². The van der Waals surface area contributed by atoms with E-state index in [2.05, 4.69) is 113 Å². The number of carbonyl (C=O) groups excluding carboxylic acids is 1. The summed E-state index contributed by atoms with van der Waals surface area (Å²) in [5.74, 6) is -0.381. The van der Waals surface area contributed by atoms with Gasteiger partial charge in [0.25, 0.3) is 0 Å². The smallest absolute Gasteiger partial charge is 0.337 e. The van der Waals surface area contributed by atoms with Crippen LogP contribution in [-0.2, 0) is 28.5 Å². The van der Waals surface area contributed by atoms with Crippen LogP contribution in [0.25, 0.3) is 11.3 Å². The van der Waals surface area contributed by atoms with Gasteiger partial charge in [-0.2, -0.15) is 5.10 Å². The summed E-state index contributed by atoms with van der Waals surface area (Å²) in [6.45, 7) is 5.23. The zero-order chi connectivity index (χ0) is 30.9. The van der Waals surface area contributed by atoms with Gasteiger partial charge in [0.05, 0.1) is 36.2 Å². The van der Waals surface area contributed by atoms with Gasteiger partial charge in [0.15, 0.2) is 0 Å². The van der Waals surface area contributed by atoms with Gasteiger partial charge < -0.3 is 9.47 Å². The summed E-state index contributed by atoms with van der Waals surface area (Å²) in [6.07, 6.45) is 3.35. The number of hydrogen-bond donors (Lipinski definition) is 1. The van der Waals surface area contributed by atoms with Crippen molar-refractivity contribution in [3.05, 3.63) is 143 Å². The molecule has 0 saturated carbocycles. The molecule has 1 N–H and O–H groups in total. The summed E-state index contributed by atoms with van der Waals surface area (Å²) < 4.78 is 13.1. The average molecular weight is 589 g/mol. The number of aromatic nitrogens is 3. The summed E-state index contributed by atoms with van der Waals surface area (Å²) in [6, 6.07) is 35.3.